The highest BCUT2D eigenvalue weighted by Gasteiger charge is 2.43. The summed E-state index contributed by atoms with van der Waals surface area (Å²) in [4.78, 5) is 0.480. The van der Waals surface area contributed by atoms with Crippen LogP contribution in [0.25, 0.3) is 0 Å². The lowest BCUT2D eigenvalue weighted by Gasteiger charge is -2.13. The van der Waals surface area contributed by atoms with Crippen LogP contribution >= 0.6 is 15.9 Å². The highest BCUT2D eigenvalue weighted by molar-refractivity contribution is 9.09. The maximum atomic E-state index is 3.93. The number of hydrogen-bond donors (Lipinski definition) is 0. The van der Waals surface area contributed by atoms with Gasteiger partial charge in [-0.1, -0.05) is 84.4 Å². The van der Waals surface area contributed by atoms with Crippen LogP contribution in [0, 0.1) is 5.92 Å². The Labute approximate surface area is 136 Å². The Bertz CT molecular complexity index is 573. The van der Waals surface area contributed by atoms with Crippen molar-refractivity contribution >= 4 is 15.9 Å². The summed E-state index contributed by atoms with van der Waals surface area (Å²) in [5, 5.41) is 0. The average Bonchev–Trinajstić information content (AvgIpc) is 3.35. The predicted octanol–water partition coefficient (Wildman–Crippen LogP) is 6.44. The van der Waals surface area contributed by atoms with Crippen molar-refractivity contribution in [1.29, 1.82) is 0 Å². The van der Waals surface area contributed by atoms with Gasteiger partial charge in [-0.2, -0.15) is 0 Å². The van der Waals surface area contributed by atoms with Gasteiger partial charge in [0.25, 0.3) is 0 Å². The SMILES string of the molecule is CCC(C)c1ccc(C(Br)C2CC2c2ccccc2)cc1. The summed E-state index contributed by atoms with van der Waals surface area (Å²) in [6.45, 7) is 4.55. The lowest BCUT2D eigenvalue weighted by atomic mass is 9.96. The van der Waals surface area contributed by atoms with Crippen molar-refractivity contribution in [3.05, 3.63) is 71.3 Å². The Morgan fingerprint density at radius 1 is 1.00 bits per heavy atom. The van der Waals surface area contributed by atoms with Gasteiger partial charge in [0.15, 0.2) is 0 Å². The molecule has 0 spiro atoms. The lowest BCUT2D eigenvalue weighted by Crippen LogP contribution is -1.96. The zero-order valence-corrected chi connectivity index (χ0v) is 14.4. The number of rotatable bonds is 5. The molecule has 2 aromatic carbocycles. The van der Waals surface area contributed by atoms with E-state index >= 15 is 0 Å². The van der Waals surface area contributed by atoms with Crippen molar-refractivity contribution in [3.63, 3.8) is 0 Å². The first-order valence-electron chi connectivity index (χ1n) is 7.99. The van der Waals surface area contributed by atoms with E-state index in [9.17, 15) is 0 Å². The summed E-state index contributed by atoms with van der Waals surface area (Å²) < 4.78 is 0. The molecule has 0 aromatic heterocycles. The normalized spacial score (nSPS) is 23.6. The summed E-state index contributed by atoms with van der Waals surface area (Å²) >= 11 is 3.93. The fourth-order valence-electron chi connectivity index (χ4n) is 3.11. The van der Waals surface area contributed by atoms with Gasteiger partial charge in [-0.25, -0.2) is 0 Å². The number of alkyl halides is 1. The maximum absolute atomic E-state index is 3.93. The van der Waals surface area contributed by atoms with Crippen molar-refractivity contribution in [1.82, 2.24) is 0 Å². The monoisotopic (exact) mass is 342 g/mol. The topological polar surface area (TPSA) is 0 Å². The standard InChI is InChI=1S/C20H23Br/c1-3-14(2)15-9-11-17(12-10-15)20(21)19-13-18(19)16-7-5-4-6-8-16/h4-12,14,18-20H,3,13H2,1-2H3. The molecule has 21 heavy (non-hydrogen) atoms. The maximum Gasteiger partial charge on any atom is 0.0429 e. The molecule has 0 heterocycles. The molecule has 0 bridgehead atoms. The van der Waals surface area contributed by atoms with Gasteiger partial charge in [-0.05, 0) is 47.3 Å². The van der Waals surface area contributed by atoms with Crippen LogP contribution in [0.4, 0.5) is 0 Å². The van der Waals surface area contributed by atoms with Crippen LogP contribution in [-0.2, 0) is 0 Å². The highest BCUT2D eigenvalue weighted by Crippen LogP contribution is 2.57. The molecule has 1 aliphatic carbocycles. The van der Waals surface area contributed by atoms with Gasteiger partial charge < -0.3 is 0 Å². The zero-order valence-electron chi connectivity index (χ0n) is 12.8. The summed E-state index contributed by atoms with van der Waals surface area (Å²) in [7, 11) is 0. The van der Waals surface area contributed by atoms with E-state index in [-0.39, 0.29) is 0 Å². The van der Waals surface area contributed by atoms with E-state index in [1.807, 2.05) is 0 Å². The second kappa shape index (κ2) is 6.36. The Morgan fingerprint density at radius 2 is 1.62 bits per heavy atom. The molecule has 1 fully saturated rings. The van der Waals surface area contributed by atoms with Crippen molar-refractivity contribution in [2.45, 2.75) is 43.4 Å². The second-order valence-electron chi connectivity index (χ2n) is 6.29. The van der Waals surface area contributed by atoms with E-state index in [4.69, 9.17) is 0 Å². The summed E-state index contributed by atoms with van der Waals surface area (Å²) in [6, 6.07) is 20.1. The minimum Gasteiger partial charge on any atom is -0.0836 e. The third kappa shape index (κ3) is 3.23. The summed E-state index contributed by atoms with van der Waals surface area (Å²) in [5.74, 6) is 2.12. The molecule has 1 saturated carbocycles. The Kier molecular flexibility index (Phi) is 4.49. The van der Waals surface area contributed by atoms with Gasteiger partial charge in [0, 0.05) is 4.83 Å². The fourth-order valence-corrected chi connectivity index (χ4v) is 4.00. The minimum atomic E-state index is 0.480. The molecule has 0 aliphatic heterocycles. The first-order chi connectivity index (χ1) is 10.2. The zero-order chi connectivity index (χ0) is 14.8. The smallest absolute Gasteiger partial charge is 0.0429 e. The van der Waals surface area contributed by atoms with E-state index < -0.39 is 0 Å². The van der Waals surface area contributed by atoms with Crippen molar-refractivity contribution < 1.29 is 0 Å². The molecule has 0 nitrogen and oxygen atoms in total. The molecule has 2 aromatic rings. The van der Waals surface area contributed by atoms with Gasteiger partial charge >= 0.3 is 0 Å². The average molecular weight is 343 g/mol. The Balaban J connectivity index is 1.68. The molecule has 1 aliphatic rings. The van der Waals surface area contributed by atoms with E-state index in [2.05, 4.69) is 84.4 Å². The van der Waals surface area contributed by atoms with E-state index in [0.29, 0.717) is 10.7 Å². The van der Waals surface area contributed by atoms with E-state index in [1.54, 1.807) is 0 Å². The number of benzene rings is 2. The first-order valence-corrected chi connectivity index (χ1v) is 8.91. The molecule has 0 amide bonds. The summed E-state index contributed by atoms with van der Waals surface area (Å²) in [6.07, 6.45) is 2.50. The predicted molar refractivity (Wildman–Crippen MR) is 94.1 cm³/mol. The molecule has 0 saturated heterocycles. The molecular formula is C20H23Br. The minimum absolute atomic E-state index is 0.480. The van der Waals surface area contributed by atoms with Crippen LogP contribution in [0.3, 0.4) is 0 Å². The number of hydrogen-bond acceptors (Lipinski definition) is 0. The van der Waals surface area contributed by atoms with Gasteiger partial charge in [-0.3, -0.25) is 0 Å². The second-order valence-corrected chi connectivity index (χ2v) is 7.28. The largest absolute Gasteiger partial charge is 0.0836 e. The Morgan fingerprint density at radius 3 is 2.24 bits per heavy atom. The summed E-state index contributed by atoms with van der Waals surface area (Å²) in [5.41, 5.74) is 4.37. The molecule has 0 N–H and O–H groups in total. The van der Waals surface area contributed by atoms with Crippen molar-refractivity contribution in [2.75, 3.05) is 0 Å². The third-order valence-electron chi connectivity index (χ3n) is 4.88. The molecule has 110 valence electrons. The van der Waals surface area contributed by atoms with E-state index in [1.165, 1.54) is 29.5 Å². The molecule has 3 rings (SSSR count). The molecule has 4 unspecified atom stereocenters. The van der Waals surface area contributed by atoms with Gasteiger partial charge in [0.05, 0.1) is 0 Å². The lowest BCUT2D eigenvalue weighted by molar-refractivity contribution is 0.731. The van der Waals surface area contributed by atoms with Crippen LogP contribution < -0.4 is 0 Å². The molecule has 4 atom stereocenters. The first kappa shape index (κ1) is 14.8. The Hall–Kier alpha value is -1.08. The van der Waals surface area contributed by atoms with Crippen LogP contribution in [-0.4, -0.2) is 0 Å². The van der Waals surface area contributed by atoms with Crippen molar-refractivity contribution in [3.8, 4) is 0 Å². The fraction of sp³-hybridized carbons (Fsp3) is 0.400. The molecular weight excluding hydrogens is 320 g/mol. The van der Waals surface area contributed by atoms with Crippen LogP contribution in [0.2, 0.25) is 0 Å². The van der Waals surface area contributed by atoms with Gasteiger partial charge in [0.2, 0.25) is 0 Å². The third-order valence-corrected chi connectivity index (χ3v) is 6.09. The van der Waals surface area contributed by atoms with Crippen LogP contribution in [0.1, 0.15) is 60.0 Å². The van der Waals surface area contributed by atoms with Gasteiger partial charge in [-0.15, -0.1) is 0 Å². The number of halogens is 1. The van der Waals surface area contributed by atoms with Crippen LogP contribution in [0.15, 0.2) is 54.6 Å². The van der Waals surface area contributed by atoms with Crippen molar-refractivity contribution in [2.24, 2.45) is 5.92 Å². The quantitative estimate of drug-likeness (QED) is 0.548. The molecule has 1 heteroatoms. The highest BCUT2D eigenvalue weighted by atomic mass is 79.9. The van der Waals surface area contributed by atoms with Gasteiger partial charge in [0.1, 0.15) is 0 Å². The molecule has 0 radical (unpaired) electrons. The van der Waals surface area contributed by atoms with E-state index in [0.717, 1.165) is 11.8 Å². The van der Waals surface area contributed by atoms with Crippen LogP contribution in [0.5, 0.6) is 0 Å².